The molecule has 0 unspecified atom stereocenters. The normalized spacial score (nSPS) is 13.6. The minimum absolute atomic E-state index is 0.117. The van der Waals surface area contributed by atoms with Gasteiger partial charge in [-0.3, -0.25) is 0 Å². The molecule has 0 radical (unpaired) electrons. The zero-order valence-corrected chi connectivity index (χ0v) is 9.45. The molecule has 18 heavy (non-hydrogen) atoms. The number of hydrazone groups is 2. The monoisotopic (exact) mass is 240 g/mol. The van der Waals surface area contributed by atoms with E-state index in [1.54, 1.807) is 37.6 Å². The molecule has 0 atom stereocenters. The van der Waals surface area contributed by atoms with Crippen molar-refractivity contribution < 1.29 is 4.74 Å². The molecule has 1 N–H and O–H groups in total. The van der Waals surface area contributed by atoms with E-state index in [0.29, 0.717) is 17.0 Å². The van der Waals surface area contributed by atoms with Gasteiger partial charge in [0.2, 0.25) is 6.19 Å². The van der Waals surface area contributed by atoms with Crippen molar-refractivity contribution in [1.29, 1.82) is 10.5 Å². The van der Waals surface area contributed by atoms with Gasteiger partial charge in [-0.15, -0.1) is 10.2 Å². The summed E-state index contributed by atoms with van der Waals surface area (Å²) in [5.41, 5.74) is 3.45. The number of hydrogen-bond donors (Lipinski definition) is 1. The third kappa shape index (κ3) is 2.06. The summed E-state index contributed by atoms with van der Waals surface area (Å²) in [6.07, 6.45) is 1.76. The number of ether oxygens (including phenoxy) is 1. The predicted molar refractivity (Wildman–Crippen MR) is 63.2 cm³/mol. The van der Waals surface area contributed by atoms with Gasteiger partial charge in [-0.05, 0) is 24.3 Å². The average molecular weight is 240 g/mol. The standard InChI is InChI=1S/C11H8N6O/c1-18-9-4-2-8(3-5-9)11-10(6-12)14-16-17(7-13)15-11/h2-5,16H,1H3. The zero-order valence-electron chi connectivity index (χ0n) is 9.45. The highest BCUT2D eigenvalue weighted by atomic mass is 16.5. The minimum Gasteiger partial charge on any atom is -0.497 e. The topological polar surface area (TPSA) is 96.8 Å². The molecule has 7 heteroatoms. The smallest absolute Gasteiger partial charge is 0.224 e. The second kappa shape index (κ2) is 4.85. The Morgan fingerprint density at radius 1 is 1.28 bits per heavy atom. The number of nitriles is 2. The largest absolute Gasteiger partial charge is 0.497 e. The van der Waals surface area contributed by atoms with Gasteiger partial charge in [0.25, 0.3) is 0 Å². The van der Waals surface area contributed by atoms with Crippen LogP contribution in [0, 0.1) is 22.8 Å². The Balaban J connectivity index is 2.40. The van der Waals surface area contributed by atoms with Crippen LogP contribution in [-0.2, 0) is 0 Å². The molecule has 0 aliphatic carbocycles. The summed E-state index contributed by atoms with van der Waals surface area (Å²) in [6, 6.07) is 8.88. The van der Waals surface area contributed by atoms with Gasteiger partial charge in [-0.2, -0.15) is 16.1 Å². The van der Waals surface area contributed by atoms with Gasteiger partial charge >= 0.3 is 0 Å². The summed E-state index contributed by atoms with van der Waals surface area (Å²) < 4.78 is 5.04. The summed E-state index contributed by atoms with van der Waals surface area (Å²) >= 11 is 0. The first-order valence-electron chi connectivity index (χ1n) is 4.95. The van der Waals surface area contributed by atoms with E-state index < -0.39 is 0 Å². The second-order valence-electron chi connectivity index (χ2n) is 3.26. The van der Waals surface area contributed by atoms with Gasteiger partial charge in [0.1, 0.15) is 17.5 Å². The summed E-state index contributed by atoms with van der Waals surface area (Å²) in [5, 5.41) is 26.3. The van der Waals surface area contributed by atoms with Gasteiger partial charge < -0.3 is 4.74 Å². The predicted octanol–water partition coefficient (Wildman–Crippen LogP) is 0.580. The number of rotatable bonds is 2. The van der Waals surface area contributed by atoms with Crippen molar-refractivity contribution in [3.8, 4) is 18.0 Å². The fourth-order valence-electron chi connectivity index (χ4n) is 1.39. The Labute approximate surface area is 103 Å². The average Bonchev–Trinajstić information content (AvgIpc) is 2.46. The lowest BCUT2D eigenvalue weighted by Gasteiger charge is -2.15. The van der Waals surface area contributed by atoms with Crippen LogP contribution < -0.4 is 10.3 Å². The maximum Gasteiger partial charge on any atom is 0.224 e. The quantitative estimate of drug-likeness (QED) is 0.762. The highest BCUT2D eigenvalue weighted by Gasteiger charge is 2.18. The number of hydrogen-bond acceptors (Lipinski definition) is 7. The highest BCUT2D eigenvalue weighted by Crippen LogP contribution is 2.14. The molecule has 1 heterocycles. The SMILES string of the molecule is COc1ccc(C2=NN(C#N)NN=C2C#N)cc1. The number of nitrogens with one attached hydrogen (secondary N) is 1. The van der Waals surface area contributed by atoms with Crippen LogP contribution in [0.5, 0.6) is 5.75 Å². The lowest BCUT2D eigenvalue weighted by Crippen LogP contribution is -2.34. The lowest BCUT2D eigenvalue weighted by molar-refractivity contribution is 0.303. The van der Waals surface area contributed by atoms with E-state index in [-0.39, 0.29) is 5.71 Å². The first-order valence-corrected chi connectivity index (χ1v) is 4.95. The van der Waals surface area contributed by atoms with Crippen molar-refractivity contribution in [3.05, 3.63) is 29.8 Å². The fraction of sp³-hybridized carbons (Fsp3) is 0.0909. The van der Waals surface area contributed by atoms with Crippen LogP contribution in [0.4, 0.5) is 0 Å². The molecule has 0 spiro atoms. The van der Waals surface area contributed by atoms with Crippen molar-refractivity contribution >= 4 is 11.4 Å². The van der Waals surface area contributed by atoms with Crippen molar-refractivity contribution in [1.82, 2.24) is 10.7 Å². The molecular formula is C11H8N6O. The molecule has 2 rings (SSSR count). The Bertz CT molecular complexity index is 589. The molecule has 0 aromatic heterocycles. The van der Waals surface area contributed by atoms with Crippen LogP contribution in [0.25, 0.3) is 0 Å². The third-order valence-corrected chi connectivity index (χ3v) is 2.24. The van der Waals surface area contributed by atoms with E-state index in [1.165, 1.54) is 0 Å². The molecule has 88 valence electrons. The Kier molecular flexibility index (Phi) is 3.08. The molecule has 7 nitrogen and oxygen atoms in total. The molecule has 0 fully saturated rings. The number of benzene rings is 1. The molecule has 0 amide bonds. The van der Waals surface area contributed by atoms with Gasteiger partial charge in [-0.25, -0.2) is 0 Å². The van der Waals surface area contributed by atoms with Crippen LogP contribution in [0.3, 0.4) is 0 Å². The molecule has 1 aromatic rings. The first-order chi connectivity index (χ1) is 8.78. The molecule has 0 saturated carbocycles. The van der Waals surface area contributed by atoms with Crippen molar-refractivity contribution in [3.63, 3.8) is 0 Å². The zero-order chi connectivity index (χ0) is 13.0. The third-order valence-electron chi connectivity index (χ3n) is 2.24. The van der Waals surface area contributed by atoms with Crippen LogP contribution in [0.15, 0.2) is 34.5 Å². The highest BCUT2D eigenvalue weighted by molar-refractivity contribution is 6.53. The van der Waals surface area contributed by atoms with Gasteiger partial charge in [0.15, 0.2) is 5.71 Å². The van der Waals surface area contributed by atoms with E-state index in [4.69, 9.17) is 15.3 Å². The minimum atomic E-state index is 0.117. The Morgan fingerprint density at radius 3 is 2.56 bits per heavy atom. The molecule has 0 saturated heterocycles. The van der Waals surface area contributed by atoms with E-state index in [0.717, 1.165) is 5.12 Å². The Hall–Kier alpha value is -3.06. The number of nitrogens with zero attached hydrogens (tertiary/aromatic N) is 5. The number of methoxy groups -OCH3 is 1. The second-order valence-corrected chi connectivity index (χ2v) is 3.26. The van der Waals surface area contributed by atoms with Crippen LogP contribution in [-0.4, -0.2) is 23.7 Å². The van der Waals surface area contributed by atoms with Crippen molar-refractivity contribution in [2.24, 2.45) is 10.2 Å². The van der Waals surface area contributed by atoms with Gasteiger partial charge in [0.05, 0.1) is 7.11 Å². The molecular weight excluding hydrogens is 232 g/mol. The van der Waals surface area contributed by atoms with Gasteiger partial charge in [-0.1, -0.05) is 5.12 Å². The molecule has 1 aliphatic rings. The van der Waals surface area contributed by atoms with E-state index in [9.17, 15) is 0 Å². The molecule has 1 aromatic carbocycles. The van der Waals surface area contributed by atoms with Crippen molar-refractivity contribution in [2.75, 3.05) is 7.11 Å². The summed E-state index contributed by atoms with van der Waals surface area (Å²) in [5.74, 6) is 0.695. The summed E-state index contributed by atoms with van der Waals surface area (Å²) in [6.45, 7) is 0. The van der Waals surface area contributed by atoms with E-state index in [1.807, 2.05) is 6.07 Å². The summed E-state index contributed by atoms with van der Waals surface area (Å²) in [7, 11) is 1.57. The number of hydrazine groups is 1. The maximum absolute atomic E-state index is 8.95. The molecule has 0 bridgehead atoms. The fourth-order valence-corrected chi connectivity index (χ4v) is 1.39. The Morgan fingerprint density at radius 2 is 2.00 bits per heavy atom. The van der Waals surface area contributed by atoms with E-state index in [2.05, 4.69) is 15.7 Å². The van der Waals surface area contributed by atoms with Crippen molar-refractivity contribution in [2.45, 2.75) is 0 Å². The maximum atomic E-state index is 8.95. The van der Waals surface area contributed by atoms with Crippen LogP contribution >= 0.6 is 0 Å². The first kappa shape index (κ1) is 11.4. The van der Waals surface area contributed by atoms with Crippen LogP contribution in [0.2, 0.25) is 0 Å². The van der Waals surface area contributed by atoms with Crippen LogP contribution in [0.1, 0.15) is 5.56 Å². The molecule has 1 aliphatic heterocycles. The van der Waals surface area contributed by atoms with E-state index >= 15 is 0 Å². The lowest BCUT2D eigenvalue weighted by atomic mass is 10.1. The summed E-state index contributed by atoms with van der Waals surface area (Å²) in [4.78, 5) is 0. The van der Waals surface area contributed by atoms with Gasteiger partial charge in [0, 0.05) is 5.56 Å².